The number of carbonyl (C=O) groups excluding carboxylic acids is 1. The summed E-state index contributed by atoms with van der Waals surface area (Å²) >= 11 is 0. The van der Waals surface area contributed by atoms with E-state index in [-0.39, 0.29) is 18.2 Å². The first kappa shape index (κ1) is 9.50. The molecule has 4 heteroatoms. The van der Waals surface area contributed by atoms with Crippen LogP contribution in [0.25, 0.3) is 0 Å². The van der Waals surface area contributed by atoms with Gasteiger partial charge in [-0.2, -0.15) is 5.26 Å². The van der Waals surface area contributed by atoms with Crippen LogP contribution < -0.4 is 5.32 Å². The number of carbonyl (C=O) groups is 1. The fourth-order valence-corrected chi connectivity index (χ4v) is 0.430. The van der Waals surface area contributed by atoms with Gasteiger partial charge in [0.2, 0.25) is 0 Å². The van der Waals surface area contributed by atoms with E-state index in [9.17, 15) is 4.79 Å². The van der Waals surface area contributed by atoms with E-state index in [1.807, 2.05) is 0 Å². The number of nitriles is 1. The highest BCUT2D eigenvalue weighted by Crippen LogP contribution is 1.80. The maximum Gasteiger partial charge on any atom is 0.325 e. The molecule has 4 nitrogen and oxygen atoms in total. The highest BCUT2D eigenvalue weighted by Gasteiger charge is 1.99. The Balaban J connectivity index is 3.48. The van der Waals surface area contributed by atoms with Gasteiger partial charge in [0.1, 0.15) is 18.3 Å². The van der Waals surface area contributed by atoms with Gasteiger partial charge in [-0.15, -0.1) is 0 Å². The number of esters is 1. The molecular weight excluding hydrogens is 144 g/mol. The SMILES string of the molecule is C=C(C#N)NCC(=O)OCC. The molecule has 0 bridgehead atoms. The van der Waals surface area contributed by atoms with Crippen molar-refractivity contribution in [2.45, 2.75) is 6.92 Å². The Labute approximate surface area is 65.5 Å². The van der Waals surface area contributed by atoms with Gasteiger partial charge in [-0.25, -0.2) is 0 Å². The summed E-state index contributed by atoms with van der Waals surface area (Å²) in [6.07, 6.45) is 0. The summed E-state index contributed by atoms with van der Waals surface area (Å²) in [4.78, 5) is 10.6. The molecule has 0 saturated heterocycles. The van der Waals surface area contributed by atoms with Crippen LogP contribution in [0.2, 0.25) is 0 Å². The van der Waals surface area contributed by atoms with Crippen molar-refractivity contribution in [2.24, 2.45) is 0 Å². The minimum Gasteiger partial charge on any atom is -0.465 e. The van der Waals surface area contributed by atoms with E-state index in [0.717, 1.165) is 0 Å². The lowest BCUT2D eigenvalue weighted by molar-refractivity contribution is -0.141. The number of hydrogen-bond acceptors (Lipinski definition) is 4. The molecule has 0 aliphatic carbocycles. The van der Waals surface area contributed by atoms with Crippen LogP contribution >= 0.6 is 0 Å². The van der Waals surface area contributed by atoms with E-state index >= 15 is 0 Å². The number of hydrogen-bond donors (Lipinski definition) is 1. The fraction of sp³-hybridized carbons (Fsp3) is 0.429. The van der Waals surface area contributed by atoms with Crippen LogP contribution in [0.4, 0.5) is 0 Å². The molecule has 0 rings (SSSR count). The first-order valence-electron chi connectivity index (χ1n) is 3.19. The summed E-state index contributed by atoms with van der Waals surface area (Å²) in [7, 11) is 0. The minimum atomic E-state index is -0.385. The van der Waals surface area contributed by atoms with E-state index in [4.69, 9.17) is 5.26 Å². The van der Waals surface area contributed by atoms with Crippen LogP contribution in [0.15, 0.2) is 12.3 Å². The smallest absolute Gasteiger partial charge is 0.325 e. The second kappa shape index (κ2) is 5.30. The maximum absolute atomic E-state index is 10.6. The summed E-state index contributed by atoms with van der Waals surface area (Å²) in [6, 6.07) is 1.75. The normalized spacial score (nSPS) is 8.00. The zero-order valence-corrected chi connectivity index (χ0v) is 6.39. The predicted molar refractivity (Wildman–Crippen MR) is 39.4 cm³/mol. The van der Waals surface area contributed by atoms with Crippen LogP contribution in [0.1, 0.15) is 6.92 Å². The molecule has 0 aromatic rings. The van der Waals surface area contributed by atoms with Crippen molar-refractivity contribution in [3.63, 3.8) is 0 Å². The van der Waals surface area contributed by atoms with Crippen LogP contribution in [0.5, 0.6) is 0 Å². The molecule has 0 amide bonds. The zero-order chi connectivity index (χ0) is 8.69. The van der Waals surface area contributed by atoms with Gasteiger partial charge in [-0.1, -0.05) is 6.58 Å². The molecule has 1 N–H and O–H groups in total. The van der Waals surface area contributed by atoms with E-state index in [0.29, 0.717) is 6.61 Å². The fourth-order valence-electron chi connectivity index (χ4n) is 0.430. The molecule has 0 aliphatic rings. The van der Waals surface area contributed by atoms with Gasteiger partial charge in [-0.05, 0) is 6.92 Å². The second-order valence-electron chi connectivity index (χ2n) is 1.75. The molecule has 60 valence electrons. The van der Waals surface area contributed by atoms with Gasteiger partial charge in [0.05, 0.1) is 6.61 Å². The van der Waals surface area contributed by atoms with Gasteiger partial charge in [0.15, 0.2) is 0 Å². The molecule has 11 heavy (non-hydrogen) atoms. The van der Waals surface area contributed by atoms with E-state index in [1.165, 1.54) is 0 Å². The molecule has 0 aliphatic heterocycles. The first-order valence-corrected chi connectivity index (χ1v) is 3.19. The lowest BCUT2D eigenvalue weighted by atomic mass is 10.5. The first-order chi connectivity index (χ1) is 5.20. The topological polar surface area (TPSA) is 62.1 Å². The molecule has 0 saturated carbocycles. The average Bonchev–Trinajstić information content (AvgIpc) is 2.01. The summed E-state index contributed by atoms with van der Waals surface area (Å²) in [5.74, 6) is -0.385. The van der Waals surface area contributed by atoms with E-state index < -0.39 is 0 Å². The van der Waals surface area contributed by atoms with Crippen molar-refractivity contribution in [3.8, 4) is 6.07 Å². The molecule has 0 unspecified atom stereocenters. The van der Waals surface area contributed by atoms with E-state index in [2.05, 4.69) is 16.6 Å². The highest BCUT2D eigenvalue weighted by atomic mass is 16.5. The molecule has 0 atom stereocenters. The Bertz CT molecular complexity index is 193. The number of allylic oxidation sites excluding steroid dienone is 1. The summed E-state index contributed by atoms with van der Waals surface area (Å²) < 4.78 is 4.58. The van der Waals surface area contributed by atoms with Crippen LogP contribution in [0.3, 0.4) is 0 Å². The molecule has 0 spiro atoms. The summed E-state index contributed by atoms with van der Waals surface area (Å²) in [6.45, 7) is 5.39. The Hall–Kier alpha value is -1.50. The minimum absolute atomic E-state index is 0.000231. The molecule has 0 fully saturated rings. The quantitative estimate of drug-likeness (QED) is 0.463. The Morgan fingerprint density at radius 2 is 2.45 bits per heavy atom. The molecule has 0 aromatic carbocycles. The predicted octanol–water partition coefficient (Wildman–Crippen LogP) is 0.176. The van der Waals surface area contributed by atoms with Crippen molar-refractivity contribution < 1.29 is 9.53 Å². The molecular formula is C7H10N2O2. The Morgan fingerprint density at radius 3 is 2.91 bits per heavy atom. The molecule has 0 heterocycles. The van der Waals surface area contributed by atoms with Gasteiger partial charge in [0, 0.05) is 0 Å². The van der Waals surface area contributed by atoms with Crippen molar-refractivity contribution in [2.75, 3.05) is 13.2 Å². The van der Waals surface area contributed by atoms with Crippen LogP contribution in [-0.2, 0) is 9.53 Å². The van der Waals surface area contributed by atoms with Crippen molar-refractivity contribution in [1.82, 2.24) is 5.32 Å². The second-order valence-corrected chi connectivity index (χ2v) is 1.75. The average molecular weight is 154 g/mol. The summed E-state index contributed by atoms with van der Waals surface area (Å²) in [5, 5.41) is 10.7. The van der Waals surface area contributed by atoms with Crippen molar-refractivity contribution in [3.05, 3.63) is 12.3 Å². The lowest BCUT2D eigenvalue weighted by Crippen LogP contribution is -2.23. The standard InChI is InChI=1S/C7H10N2O2/c1-3-11-7(10)5-9-6(2)4-8/h9H,2-3,5H2,1H3. The van der Waals surface area contributed by atoms with Gasteiger partial charge < -0.3 is 10.1 Å². The molecule has 0 radical (unpaired) electrons. The Morgan fingerprint density at radius 1 is 1.82 bits per heavy atom. The number of rotatable bonds is 4. The van der Waals surface area contributed by atoms with Gasteiger partial charge in [0.25, 0.3) is 0 Å². The van der Waals surface area contributed by atoms with Crippen molar-refractivity contribution >= 4 is 5.97 Å². The highest BCUT2D eigenvalue weighted by molar-refractivity contribution is 5.71. The van der Waals surface area contributed by atoms with Gasteiger partial charge >= 0.3 is 5.97 Å². The monoisotopic (exact) mass is 154 g/mol. The van der Waals surface area contributed by atoms with Crippen LogP contribution in [-0.4, -0.2) is 19.1 Å². The molecule has 0 aromatic heterocycles. The Kier molecular flexibility index (Phi) is 4.58. The lowest BCUT2D eigenvalue weighted by Gasteiger charge is -2.01. The zero-order valence-electron chi connectivity index (χ0n) is 6.39. The van der Waals surface area contributed by atoms with Gasteiger partial charge in [-0.3, -0.25) is 4.79 Å². The number of ether oxygens (including phenoxy) is 1. The van der Waals surface area contributed by atoms with Crippen molar-refractivity contribution in [1.29, 1.82) is 5.26 Å². The van der Waals surface area contributed by atoms with Crippen LogP contribution in [0, 0.1) is 11.3 Å². The number of nitrogens with zero attached hydrogens (tertiary/aromatic N) is 1. The third-order valence-electron chi connectivity index (χ3n) is 0.886. The number of nitrogens with one attached hydrogen (secondary N) is 1. The summed E-state index contributed by atoms with van der Waals surface area (Å²) in [5.41, 5.74) is 0.165. The third kappa shape index (κ3) is 4.97. The van der Waals surface area contributed by atoms with E-state index in [1.54, 1.807) is 13.0 Å². The third-order valence-corrected chi connectivity index (χ3v) is 0.886. The maximum atomic E-state index is 10.6. The largest absolute Gasteiger partial charge is 0.465 e.